The van der Waals surface area contributed by atoms with Gasteiger partial charge in [-0.1, -0.05) is 12.1 Å². The second-order valence-corrected chi connectivity index (χ2v) is 6.94. The van der Waals surface area contributed by atoms with E-state index in [1.165, 1.54) is 0 Å². The SMILES string of the molecule is NC(CNS(=O)(=O)c1cccc2cnccc12)C1CC1. The first-order chi connectivity index (χ1) is 9.58. The number of nitrogens with two attached hydrogens (primary N) is 1. The number of pyridine rings is 1. The molecule has 0 amide bonds. The van der Waals surface area contributed by atoms with Gasteiger partial charge in [0.05, 0.1) is 4.90 Å². The summed E-state index contributed by atoms with van der Waals surface area (Å²) in [7, 11) is -3.55. The average molecular weight is 291 g/mol. The first-order valence-corrected chi connectivity index (χ1v) is 8.14. The second-order valence-electron chi connectivity index (χ2n) is 5.21. The van der Waals surface area contributed by atoms with Gasteiger partial charge in [-0.25, -0.2) is 13.1 Å². The van der Waals surface area contributed by atoms with Crippen LogP contribution in [0.5, 0.6) is 0 Å². The van der Waals surface area contributed by atoms with Crippen LogP contribution in [0, 0.1) is 5.92 Å². The fourth-order valence-electron chi connectivity index (χ4n) is 2.30. The first-order valence-electron chi connectivity index (χ1n) is 6.66. The van der Waals surface area contributed by atoms with Crippen LogP contribution in [0.4, 0.5) is 0 Å². The maximum Gasteiger partial charge on any atom is 0.241 e. The molecule has 1 unspecified atom stereocenters. The Morgan fingerprint density at radius 3 is 2.90 bits per heavy atom. The second kappa shape index (κ2) is 5.12. The molecule has 3 N–H and O–H groups in total. The van der Waals surface area contributed by atoms with Gasteiger partial charge in [0.2, 0.25) is 10.0 Å². The van der Waals surface area contributed by atoms with Gasteiger partial charge in [-0.2, -0.15) is 0 Å². The minimum Gasteiger partial charge on any atom is -0.326 e. The molecule has 0 aliphatic heterocycles. The monoisotopic (exact) mass is 291 g/mol. The third-order valence-electron chi connectivity index (χ3n) is 3.67. The molecule has 1 atom stereocenters. The Kier molecular flexibility index (Phi) is 3.45. The van der Waals surface area contributed by atoms with Gasteiger partial charge in [0.1, 0.15) is 0 Å². The lowest BCUT2D eigenvalue weighted by Gasteiger charge is -2.13. The predicted octanol–water partition coefficient (Wildman–Crippen LogP) is 1.25. The lowest BCUT2D eigenvalue weighted by molar-refractivity contribution is 0.548. The average Bonchev–Trinajstić information content (AvgIpc) is 3.29. The number of nitrogens with one attached hydrogen (secondary N) is 1. The van der Waals surface area contributed by atoms with Crippen LogP contribution in [0.2, 0.25) is 0 Å². The number of sulfonamides is 1. The minimum absolute atomic E-state index is 0.0959. The maximum absolute atomic E-state index is 12.4. The lowest BCUT2D eigenvalue weighted by Crippen LogP contribution is -2.38. The van der Waals surface area contributed by atoms with Crippen molar-refractivity contribution in [3.63, 3.8) is 0 Å². The molecular weight excluding hydrogens is 274 g/mol. The summed E-state index contributed by atoms with van der Waals surface area (Å²) >= 11 is 0. The maximum atomic E-state index is 12.4. The highest BCUT2D eigenvalue weighted by Gasteiger charge is 2.29. The number of nitrogens with zero attached hydrogens (tertiary/aromatic N) is 1. The summed E-state index contributed by atoms with van der Waals surface area (Å²) in [5.74, 6) is 0.467. The van der Waals surface area contributed by atoms with Crippen molar-refractivity contribution in [1.29, 1.82) is 0 Å². The number of hydrogen-bond donors (Lipinski definition) is 2. The third-order valence-corrected chi connectivity index (χ3v) is 5.15. The number of fused-ring (bicyclic) bond motifs is 1. The predicted molar refractivity (Wildman–Crippen MR) is 77.6 cm³/mol. The van der Waals surface area contributed by atoms with E-state index in [-0.39, 0.29) is 17.5 Å². The third kappa shape index (κ3) is 2.67. The van der Waals surface area contributed by atoms with E-state index in [1.807, 2.05) is 6.07 Å². The molecule has 0 saturated heterocycles. The molecule has 106 valence electrons. The summed E-state index contributed by atoms with van der Waals surface area (Å²) in [6.07, 6.45) is 5.45. The standard InChI is InChI=1S/C14H17N3O2S/c15-13(10-4-5-10)9-17-20(18,19)14-3-1-2-11-8-16-7-6-12(11)14/h1-3,6-8,10,13,17H,4-5,9,15H2. The molecule has 1 fully saturated rings. The molecule has 0 bridgehead atoms. The van der Waals surface area contributed by atoms with Crippen LogP contribution in [-0.2, 0) is 10.0 Å². The number of aromatic nitrogens is 1. The molecule has 1 heterocycles. The normalized spacial score (nSPS) is 17.2. The molecule has 3 rings (SSSR count). The summed E-state index contributed by atoms with van der Waals surface area (Å²) in [6.45, 7) is 0.286. The van der Waals surface area contributed by atoms with Gasteiger partial charge >= 0.3 is 0 Å². The smallest absolute Gasteiger partial charge is 0.241 e. The molecule has 1 aromatic carbocycles. The van der Waals surface area contributed by atoms with Crippen molar-refractivity contribution in [3.8, 4) is 0 Å². The Labute approximate surface area is 118 Å². The zero-order valence-electron chi connectivity index (χ0n) is 11.0. The van der Waals surface area contributed by atoms with E-state index in [4.69, 9.17) is 5.73 Å². The highest BCUT2D eigenvalue weighted by molar-refractivity contribution is 7.89. The Bertz CT molecular complexity index is 721. The van der Waals surface area contributed by atoms with E-state index >= 15 is 0 Å². The topological polar surface area (TPSA) is 85.1 Å². The van der Waals surface area contributed by atoms with E-state index < -0.39 is 10.0 Å². The van der Waals surface area contributed by atoms with Crippen LogP contribution in [-0.4, -0.2) is 26.0 Å². The van der Waals surface area contributed by atoms with Gasteiger partial charge in [0.25, 0.3) is 0 Å². The molecule has 0 radical (unpaired) electrons. The molecule has 6 heteroatoms. The van der Waals surface area contributed by atoms with Gasteiger partial charge in [-0.05, 0) is 30.9 Å². The van der Waals surface area contributed by atoms with Gasteiger partial charge in [0, 0.05) is 35.8 Å². The first kappa shape index (κ1) is 13.5. The molecule has 2 aromatic rings. The summed E-state index contributed by atoms with van der Waals surface area (Å²) in [5.41, 5.74) is 5.94. The van der Waals surface area contributed by atoms with Crippen LogP contribution in [0.25, 0.3) is 10.8 Å². The Morgan fingerprint density at radius 2 is 2.15 bits per heavy atom. The zero-order chi connectivity index (χ0) is 14.2. The summed E-state index contributed by atoms with van der Waals surface area (Å²) < 4.78 is 27.4. The van der Waals surface area contributed by atoms with Crippen molar-refractivity contribution >= 4 is 20.8 Å². The van der Waals surface area contributed by atoms with E-state index in [1.54, 1.807) is 30.6 Å². The van der Waals surface area contributed by atoms with Crippen molar-refractivity contribution in [2.45, 2.75) is 23.8 Å². The number of rotatable bonds is 5. The van der Waals surface area contributed by atoms with E-state index in [0.717, 1.165) is 18.2 Å². The highest BCUT2D eigenvalue weighted by atomic mass is 32.2. The molecule has 1 aliphatic rings. The largest absolute Gasteiger partial charge is 0.326 e. The quantitative estimate of drug-likeness (QED) is 0.868. The van der Waals surface area contributed by atoms with Crippen molar-refractivity contribution in [1.82, 2.24) is 9.71 Å². The fourth-order valence-corrected chi connectivity index (χ4v) is 3.60. The van der Waals surface area contributed by atoms with Crippen molar-refractivity contribution in [2.75, 3.05) is 6.54 Å². The summed E-state index contributed by atoms with van der Waals surface area (Å²) in [6, 6.07) is 6.79. The highest BCUT2D eigenvalue weighted by Crippen LogP contribution is 2.31. The van der Waals surface area contributed by atoms with Crippen molar-refractivity contribution < 1.29 is 8.42 Å². The van der Waals surface area contributed by atoms with Gasteiger partial charge < -0.3 is 5.73 Å². The molecule has 5 nitrogen and oxygen atoms in total. The number of hydrogen-bond acceptors (Lipinski definition) is 4. The van der Waals surface area contributed by atoms with E-state index in [0.29, 0.717) is 11.3 Å². The Hall–Kier alpha value is -1.50. The van der Waals surface area contributed by atoms with Crippen LogP contribution in [0.15, 0.2) is 41.6 Å². The Morgan fingerprint density at radius 1 is 1.35 bits per heavy atom. The van der Waals surface area contributed by atoms with Crippen LogP contribution >= 0.6 is 0 Å². The summed E-state index contributed by atoms with van der Waals surface area (Å²) in [5, 5.41) is 1.48. The molecule has 1 aromatic heterocycles. The fraction of sp³-hybridized carbons (Fsp3) is 0.357. The molecular formula is C14H17N3O2S. The summed E-state index contributed by atoms with van der Waals surface area (Å²) in [4.78, 5) is 4.28. The van der Waals surface area contributed by atoms with Crippen molar-refractivity contribution in [3.05, 3.63) is 36.7 Å². The Balaban J connectivity index is 1.88. The van der Waals surface area contributed by atoms with E-state index in [9.17, 15) is 8.42 Å². The molecule has 20 heavy (non-hydrogen) atoms. The number of benzene rings is 1. The molecule has 0 spiro atoms. The molecule has 1 aliphatic carbocycles. The van der Waals surface area contributed by atoms with Crippen LogP contribution in [0.3, 0.4) is 0 Å². The van der Waals surface area contributed by atoms with Crippen molar-refractivity contribution in [2.24, 2.45) is 11.7 Å². The zero-order valence-corrected chi connectivity index (χ0v) is 11.8. The van der Waals surface area contributed by atoms with Crippen LogP contribution in [0.1, 0.15) is 12.8 Å². The van der Waals surface area contributed by atoms with Gasteiger partial charge in [-0.3, -0.25) is 4.98 Å². The van der Waals surface area contributed by atoms with E-state index in [2.05, 4.69) is 9.71 Å². The van der Waals surface area contributed by atoms with Crippen LogP contribution < -0.4 is 10.5 Å². The minimum atomic E-state index is -3.55. The lowest BCUT2D eigenvalue weighted by atomic mass is 10.2. The molecule has 1 saturated carbocycles. The van der Waals surface area contributed by atoms with Gasteiger partial charge in [0.15, 0.2) is 0 Å². The van der Waals surface area contributed by atoms with Gasteiger partial charge in [-0.15, -0.1) is 0 Å².